The molecule has 1 fully saturated rings. The Morgan fingerprint density at radius 3 is 1.53 bits per heavy atom. The average molecular weight is 829 g/mol. The van der Waals surface area contributed by atoms with Gasteiger partial charge in [0.25, 0.3) is 0 Å². The van der Waals surface area contributed by atoms with Gasteiger partial charge in [-0.3, -0.25) is 9.59 Å². The summed E-state index contributed by atoms with van der Waals surface area (Å²) in [5.41, 5.74) is 0. The maximum Gasteiger partial charge on any atom is 0.306 e. The fraction of sp³-hybridized carbons (Fsp3) is 0.673. The van der Waals surface area contributed by atoms with Crippen LogP contribution in [0.2, 0.25) is 0 Å². The van der Waals surface area contributed by atoms with Crippen LogP contribution in [0.1, 0.15) is 155 Å². The van der Waals surface area contributed by atoms with E-state index in [0.29, 0.717) is 12.8 Å². The highest BCUT2D eigenvalue weighted by Crippen LogP contribution is 2.22. The van der Waals surface area contributed by atoms with E-state index in [4.69, 9.17) is 18.9 Å². The molecule has 1 saturated heterocycles. The molecule has 0 aromatic rings. The first-order valence-corrected chi connectivity index (χ1v) is 22.7. The summed E-state index contributed by atoms with van der Waals surface area (Å²) in [4.78, 5) is 25.3. The van der Waals surface area contributed by atoms with Gasteiger partial charge in [-0.25, -0.2) is 0 Å². The molecule has 6 atom stereocenters. The molecular formula is C49H80O10. The lowest BCUT2D eigenvalue weighted by molar-refractivity contribution is -0.305. The van der Waals surface area contributed by atoms with E-state index in [1.165, 1.54) is 64.2 Å². The van der Waals surface area contributed by atoms with Crippen molar-refractivity contribution in [3.8, 4) is 0 Å². The summed E-state index contributed by atoms with van der Waals surface area (Å²) in [6.45, 7) is 3.18. The molecule has 1 rings (SSSR count). The molecule has 10 heteroatoms. The second-order valence-electron chi connectivity index (χ2n) is 15.1. The zero-order valence-corrected chi connectivity index (χ0v) is 36.5. The van der Waals surface area contributed by atoms with Crippen LogP contribution in [-0.4, -0.2) is 89.0 Å². The summed E-state index contributed by atoms with van der Waals surface area (Å²) in [5.74, 6) is -0.968. The average Bonchev–Trinajstić information content (AvgIpc) is 3.23. The number of hydrogen-bond acceptors (Lipinski definition) is 10. The Labute approximate surface area is 356 Å². The number of unbranched alkanes of at least 4 members (excludes halogenated alkanes) is 11. The second kappa shape index (κ2) is 39.0. The highest BCUT2D eigenvalue weighted by Gasteiger charge is 2.44. The highest BCUT2D eigenvalue weighted by molar-refractivity contribution is 5.70. The summed E-state index contributed by atoms with van der Waals surface area (Å²) in [7, 11) is 0. The van der Waals surface area contributed by atoms with Crippen molar-refractivity contribution in [2.75, 3.05) is 19.8 Å². The molecule has 1 heterocycles. The van der Waals surface area contributed by atoms with Crippen molar-refractivity contribution in [2.24, 2.45) is 0 Å². The third kappa shape index (κ3) is 30.5. The molecule has 4 N–H and O–H groups in total. The van der Waals surface area contributed by atoms with Gasteiger partial charge < -0.3 is 39.4 Å². The van der Waals surface area contributed by atoms with Crippen molar-refractivity contribution in [1.29, 1.82) is 0 Å². The summed E-state index contributed by atoms with van der Waals surface area (Å²) < 4.78 is 22.0. The largest absolute Gasteiger partial charge is 0.462 e. The van der Waals surface area contributed by atoms with Gasteiger partial charge in [0.2, 0.25) is 0 Å². The van der Waals surface area contributed by atoms with E-state index in [2.05, 4.69) is 80.7 Å². The quantitative estimate of drug-likeness (QED) is 0.0273. The van der Waals surface area contributed by atoms with Crippen LogP contribution in [-0.2, 0) is 28.5 Å². The molecule has 0 saturated carbocycles. The first-order chi connectivity index (χ1) is 28.8. The summed E-state index contributed by atoms with van der Waals surface area (Å²) in [5, 5.41) is 40.1. The summed E-state index contributed by atoms with van der Waals surface area (Å²) in [6.07, 6.45) is 43.3. The molecule has 0 bridgehead atoms. The Balaban J connectivity index is 2.42. The molecule has 0 aromatic carbocycles. The van der Waals surface area contributed by atoms with Crippen LogP contribution in [0, 0.1) is 0 Å². The minimum atomic E-state index is -1.62. The lowest BCUT2D eigenvalue weighted by Gasteiger charge is -2.39. The smallest absolute Gasteiger partial charge is 0.306 e. The van der Waals surface area contributed by atoms with E-state index in [-0.39, 0.29) is 26.1 Å². The van der Waals surface area contributed by atoms with Gasteiger partial charge >= 0.3 is 11.9 Å². The maximum atomic E-state index is 12.7. The molecule has 0 radical (unpaired) electrons. The second-order valence-corrected chi connectivity index (χ2v) is 15.1. The molecular weight excluding hydrogens is 749 g/mol. The number of aliphatic hydroxyl groups is 4. The Morgan fingerprint density at radius 2 is 1.00 bits per heavy atom. The van der Waals surface area contributed by atoms with E-state index >= 15 is 0 Å². The first kappa shape index (κ1) is 53.9. The van der Waals surface area contributed by atoms with Crippen LogP contribution >= 0.6 is 0 Å². The molecule has 336 valence electrons. The zero-order chi connectivity index (χ0) is 43.0. The zero-order valence-electron chi connectivity index (χ0n) is 36.5. The van der Waals surface area contributed by atoms with Crippen molar-refractivity contribution in [2.45, 2.75) is 192 Å². The van der Waals surface area contributed by atoms with E-state index in [9.17, 15) is 30.0 Å². The maximum absolute atomic E-state index is 12.7. The van der Waals surface area contributed by atoms with E-state index < -0.39 is 55.4 Å². The number of carbonyl (C=O) groups excluding carboxylic acids is 2. The number of esters is 2. The van der Waals surface area contributed by atoms with E-state index in [0.717, 1.165) is 51.4 Å². The molecule has 0 amide bonds. The fourth-order valence-corrected chi connectivity index (χ4v) is 6.23. The van der Waals surface area contributed by atoms with Gasteiger partial charge in [-0.2, -0.15) is 0 Å². The lowest BCUT2D eigenvalue weighted by atomic mass is 9.99. The van der Waals surface area contributed by atoms with Crippen molar-refractivity contribution in [1.82, 2.24) is 0 Å². The van der Waals surface area contributed by atoms with E-state index in [1.54, 1.807) is 0 Å². The number of rotatable bonds is 36. The van der Waals surface area contributed by atoms with E-state index in [1.807, 2.05) is 18.2 Å². The predicted molar refractivity (Wildman–Crippen MR) is 237 cm³/mol. The number of hydrogen-bond donors (Lipinski definition) is 4. The SMILES string of the molecule is CC/C=C/C/C=C/C/C=C/C/C=C/C/C=C/C/C=C/CCC(=O)O[C@H](COC(=O)CC/C=C/CCCCCCCCCCCCC)CO[C@@H]1O[C@H](CO)[C@H](O)C(O)C1O. The van der Waals surface area contributed by atoms with Gasteiger partial charge in [-0.15, -0.1) is 0 Å². The minimum absolute atomic E-state index is 0.0938. The van der Waals surface area contributed by atoms with Crippen molar-refractivity contribution < 1.29 is 49.0 Å². The van der Waals surface area contributed by atoms with Crippen LogP contribution in [0.4, 0.5) is 0 Å². The van der Waals surface area contributed by atoms with Gasteiger partial charge in [-0.05, 0) is 64.2 Å². The van der Waals surface area contributed by atoms with Crippen LogP contribution in [0.5, 0.6) is 0 Å². The number of ether oxygens (including phenoxy) is 4. The highest BCUT2D eigenvalue weighted by atomic mass is 16.7. The lowest BCUT2D eigenvalue weighted by Crippen LogP contribution is -2.59. The molecule has 1 aliphatic heterocycles. The van der Waals surface area contributed by atoms with Gasteiger partial charge in [0, 0.05) is 12.8 Å². The van der Waals surface area contributed by atoms with Crippen LogP contribution in [0.15, 0.2) is 85.1 Å². The molecule has 0 aliphatic carbocycles. The number of aliphatic hydroxyl groups excluding tert-OH is 4. The van der Waals surface area contributed by atoms with Crippen molar-refractivity contribution in [3.63, 3.8) is 0 Å². The fourth-order valence-electron chi connectivity index (χ4n) is 6.23. The number of carbonyl (C=O) groups is 2. The Morgan fingerprint density at radius 1 is 0.542 bits per heavy atom. The van der Waals surface area contributed by atoms with Crippen molar-refractivity contribution >= 4 is 11.9 Å². The standard InChI is InChI=1S/C49H80O10/c1-3-5-7-9-11-13-15-17-19-20-21-22-24-26-28-30-32-34-36-38-45(52)58-42(41-57-49-48(55)47(54)46(53)43(39-50)59-49)40-56-44(51)37-35-33-31-29-27-25-23-18-16-14-12-10-8-6-4-2/h5,7,11,13,17,19,21-22,26,28,31-34,42-43,46-50,53-55H,3-4,6,8-10,12,14-16,18,20,23-25,27,29-30,35-41H2,1-2H3/b7-5+,13-11+,19-17+,22-21+,28-26+,33-31+,34-32+/t42-,43-,46+,47?,48?,49-/m1/s1. The summed E-state index contributed by atoms with van der Waals surface area (Å²) in [6, 6.07) is 0. The van der Waals surface area contributed by atoms with Crippen LogP contribution < -0.4 is 0 Å². The van der Waals surface area contributed by atoms with Crippen LogP contribution in [0.25, 0.3) is 0 Å². The molecule has 0 spiro atoms. The molecule has 2 unspecified atom stereocenters. The Bertz CT molecular complexity index is 1230. The molecule has 59 heavy (non-hydrogen) atoms. The normalized spacial score (nSPS) is 20.8. The first-order valence-electron chi connectivity index (χ1n) is 22.7. The van der Waals surface area contributed by atoms with Gasteiger partial charge in [0.1, 0.15) is 31.0 Å². The molecule has 0 aromatic heterocycles. The van der Waals surface area contributed by atoms with Gasteiger partial charge in [-0.1, -0.05) is 163 Å². The Kier molecular flexibility index (Phi) is 35.7. The molecule has 10 nitrogen and oxygen atoms in total. The third-order valence-electron chi connectivity index (χ3n) is 9.79. The minimum Gasteiger partial charge on any atom is -0.462 e. The topological polar surface area (TPSA) is 152 Å². The van der Waals surface area contributed by atoms with Crippen LogP contribution in [0.3, 0.4) is 0 Å². The monoisotopic (exact) mass is 829 g/mol. The Hall–Kier alpha value is -3.12. The van der Waals surface area contributed by atoms with Crippen molar-refractivity contribution in [3.05, 3.63) is 85.1 Å². The third-order valence-corrected chi connectivity index (χ3v) is 9.79. The predicted octanol–water partition coefficient (Wildman–Crippen LogP) is 9.77. The summed E-state index contributed by atoms with van der Waals surface area (Å²) >= 11 is 0. The van der Waals surface area contributed by atoms with Gasteiger partial charge in [0.05, 0.1) is 13.2 Å². The molecule has 1 aliphatic rings. The van der Waals surface area contributed by atoms with Gasteiger partial charge in [0.15, 0.2) is 12.4 Å². The number of allylic oxidation sites excluding steroid dienone is 14.